The molecule has 0 spiro atoms. The summed E-state index contributed by atoms with van der Waals surface area (Å²) in [5, 5.41) is 7.02. The van der Waals surface area contributed by atoms with E-state index in [1.807, 2.05) is 0 Å². The molecule has 1 atom stereocenters. The third-order valence-electron chi connectivity index (χ3n) is 3.53. The standard InChI is InChI=1S/C12H19N3S/c1-9-14-11(8-16-9)6-15-5-4-13-12(7-15)10-2-3-10/h8,10,12-13H,2-7H2,1H3. The van der Waals surface area contributed by atoms with Crippen molar-refractivity contribution in [3.63, 3.8) is 0 Å². The van der Waals surface area contributed by atoms with Crippen molar-refractivity contribution < 1.29 is 0 Å². The SMILES string of the molecule is Cc1nc(CN2CCNC(C3CC3)C2)cs1. The Morgan fingerprint density at radius 3 is 3.12 bits per heavy atom. The third-order valence-corrected chi connectivity index (χ3v) is 4.35. The highest BCUT2D eigenvalue weighted by Gasteiger charge is 2.33. The van der Waals surface area contributed by atoms with Crippen LogP contribution in [0.5, 0.6) is 0 Å². The summed E-state index contributed by atoms with van der Waals surface area (Å²) in [4.78, 5) is 7.10. The van der Waals surface area contributed by atoms with Gasteiger partial charge in [-0.2, -0.15) is 0 Å². The number of hydrogen-bond acceptors (Lipinski definition) is 4. The minimum atomic E-state index is 0.744. The second kappa shape index (κ2) is 4.43. The molecule has 1 saturated carbocycles. The molecule has 1 aromatic heterocycles. The maximum Gasteiger partial charge on any atom is 0.0897 e. The molecule has 4 heteroatoms. The van der Waals surface area contributed by atoms with Crippen LogP contribution in [0.15, 0.2) is 5.38 Å². The maximum absolute atomic E-state index is 4.55. The normalized spacial score (nSPS) is 27.2. The molecule has 1 unspecified atom stereocenters. The van der Waals surface area contributed by atoms with Gasteiger partial charge in [0, 0.05) is 37.6 Å². The first-order chi connectivity index (χ1) is 7.81. The number of aryl methyl sites for hydroxylation is 1. The zero-order valence-corrected chi connectivity index (χ0v) is 10.6. The molecule has 88 valence electrons. The average Bonchev–Trinajstić information content (AvgIpc) is 3.05. The lowest BCUT2D eigenvalue weighted by Crippen LogP contribution is -2.51. The van der Waals surface area contributed by atoms with Crippen molar-refractivity contribution in [1.29, 1.82) is 0 Å². The molecule has 1 aliphatic heterocycles. The Morgan fingerprint density at radius 1 is 1.56 bits per heavy atom. The van der Waals surface area contributed by atoms with Crippen LogP contribution in [0.3, 0.4) is 0 Å². The van der Waals surface area contributed by atoms with Crippen LogP contribution in [-0.2, 0) is 6.54 Å². The molecule has 1 saturated heterocycles. The highest BCUT2D eigenvalue weighted by Crippen LogP contribution is 2.33. The van der Waals surface area contributed by atoms with Gasteiger partial charge in [0.2, 0.25) is 0 Å². The van der Waals surface area contributed by atoms with Crippen LogP contribution in [0.4, 0.5) is 0 Å². The van der Waals surface area contributed by atoms with E-state index in [1.54, 1.807) is 11.3 Å². The fourth-order valence-corrected chi connectivity index (χ4v) is 3.11. The van der Waals surface area contributed by atoms with E-state index in [4.69, 9.17) is 0 Å². The van der Waals surface area contributed by atoms with E-state index >= 15 is 0 Å². The number of rotatable bonds is 3. The quantitative estimate of drug-likeness (QED) is 0.866. The van der Waals surface area contributed by atoms with Gasteiger partial charge < -0.3 is 5.32 Å². The van der Waals surface area contributed by atoms with Gasteiger partial charge in [-0.05, 0) is 25.7 Å². The first kappa shape index (κ1) is 10.7. The summed E-state index contributed by atoms with van der Waals surface area (Å²) in [6, 6.07) is 0.744. The first-order valence-electron chi connectivity index (χ1n) is 6.18. The molecular weight excluding hydrogens is 218 g/mol. The van der Waals surface area contributed by atoms with Crippen LogP contribution in [0, 0.1) is 12.8 Å². The number of aromatic nitrogens is 1. The Bertz CT molecular complexity index is 359. The largest absolute Gasteiger partial charge is 0.311 e. The topological polar surface area (TPSA) is 28.2 Å². The first-order valence-corrected chi connectivity index (χ1v) is 7.06. The number of nitrogens with zero attached hydrogens (tertiary/aromatic N) is 2. The van der Waals surface area contributed by atoms with Gasteiger partial charge in [-0.25, -0.2) is 4.98 Å². The average molecular weight is 237 g/mol. The number of hydrogen-bond donors (Lipinski definition) is 1. The fraction of sp³-hybridized carbons (Fsp3) is 0.750. The van der Waals surface area contributed by atoms with Gasteiger partial charge in [0.05, 0.1) is 10.7 Å². The van der Waals surface area contributed by atoms with Crippen molar-refractivity contribution in [3.8, 4) is 0 Å². The van der Waals surface area contributed by atoms with Gasteiger partial charge in [0.1, 0.15) is 0 Å². The molecule has 0 aromatic carbocycles. The zero-order valence-electron chi connectivity index (χ0n) is 9.78. The van der Waals surface area contributed by atoms with E-state index in [2.05, 4.69) is 27.5 Å². The van der Waals surface area contributed by atoms with Gasteiger partial charge in [0.15, 0.2) is 0 Å². The molecule has 0 amide bonds. The minimum Gasteiger partial charge on any atom is -0.311 e. The summed E-state index contributed by atoms with van der Waals surface area (Å²) in [6.07, 6.45) is 2.86. The third kappa shape index (κ3) is 2.44. The highest BCUT2D eigenvalue weighted by atomic mass is 32.1. The van der Waals surface area contributed by atoms with E-state index < -0.39 is 0 Å². The van der Waals surface area contributed by atoms with E-state index in [0.717, 1.165) is 25.0 Å². The Morgan fingerprint density at radius 2 is 2.44 bits per heavy atom. The predicted octanol–water partition coefficient (Wildman–Crippen LogP) is 1.64. The predicted molar refractivity (Wildman–Crippen MR) is 66.6 cm³/mol. The van der Waals surface area contributed by atoms with Crippen LogP contribution in [0.25, 0.3) is 0 Å². The maximum atomic E-state index is 4.55. The molecule has 1 N–H and O–H groups in total. The Hall–Kier alpha value is -0.450. The molecule has 2 heterocycles. The molecular formula is C12H19N3S. The van der Waals surface area contributed by atoms with E-state index in [1.165, 1.54) is 36.6 Å². The summed E-state index contributed by atoms with van der Waals surface area (Å²) < 4.78 is 0. The van der Waals surface area contributed by atoms with Crippen molar-refractivity contribution >= 4 is 11.3 Å². The van der Waals surface area contributed by atoms with E-state index in [-0.39, 0.29) is 0 Å². The van der Waals surface area contributed by atoms with E-state index in [0.29, 0.717) is 0 Å². The second-order valence-electron chi connectivity index (χ2n) is 4.99. The molecule has 0 bridgehead atoms. The molecule has 2 aliphatic rings. The molecule has 1 aliphatic carbocycles. The Kier molecular flexibility index (Phi) is 2.96. The van der Waals surface area contributed by atoms with Crippen LogP contribution >= 0.6 is 11.3 Å². The summed E-state index contributed by atoms with van der Waals surface area (Å²) >= 11 is 1.76. The van der Waals surface area contributed by atoms with Gasteiger partial charge in [-0.1, -0.05) is 0 Å². The van der Waals surface area contributed by atoms with Crippen LogP contribution < -0.4 is 5.32 Å². The van der Waals surface area contributed by atoms with Crippen molar-refractivity contribution in [3.05, 3.63) is 16.1 Å². The van der Waals surface area contributed by atoms with Gasteiger partial charge >= 0.3 is 0 Å². The van der Waals surface area contributed by atoms with Gasteiger partial charge in [0.25, 0.3) is 0 Å². The highest BCUT2D eigenvalue weighted by molar-refractivity contribution is 7.09. The summed E-state index contributed by atoms with van der Waals surface area (Å²) in [7, 11) is 0. The molecule has 0 radical (unpaired) electrons. The summed E-state index contributed by atoms with van der Waals surface area (Å²) in [6.45, 7) is 6.64. The molecule has 3 rings (SSSR count). The fourth-order valence-electron chi connectivity index (χ4n) is 2.51. The molecule has 16 heavy (non-hydrogen) atoms. The molecule has 1 aromatic rings. The number of nitrogens with one attached hydrogen (secondary N) is 1. The van der Waals surface area contributed by atoms with Crippen LogP contribution in [0.2, 0.25) is 0 Å². The lowest BCUT2D eigenvalue weighted by Gasteiger charge is -2.33. The smallest absolute Gasteiger partial charge is 0.0897 e. The van der Waals surface area contributed by atoms with Crippen molar-refractivity contribution in [2.75, 3.05) is 19.6 Å². The summed E-state index contributed by atoms with van der Waals surface area (Å²) in [5.41, 5.74) is 1.25. The summed E-state index contributed by atoms with van der Waals surface area (Å²) in [5.74, 6) is 0.958. The Labute approximate surface area is 101 Å². The van der Waals surface area contributed by atoms with Crippen molar-refractivity contribution in [2.45, 2.75) is 32.4 Å². The molecule has 2 fully saturated rings. The zero-order chi connectivity index (χ0) is 11.0. The number of piperazine rings is 1. The minimum absolute atomic E-state index is 0.744. The van der Waals surface area contributed by atoms with Crippen molar-refractivity contribution in [1.82, 2.24) is 15.2 Å². The van der Waals surface area contributed by atoms with Gasteiger partial charge in [-0.3, -0.25) is 4.90 Å². The molecule has 3 nitrogen and oxygen atoms in total. The van der Waals surface area contributed by atoms with Gasteiger partial charge in [-0.15, -0.1) is 11.3 Å². The van der Waals surface area contributed by atoms with Crippen molar-refractivity contribution in [2.24, 2.45) is 5.92 Å². The van der Waals surface area contributed by atoms with Crippen LogP contribution in [0.1, 0.15) is 23.5 Å². The lowest BCUT2D eigenvalue weighted by molar-refractivity contribution is 0.180. The Balaban J connectivity index is 1.57. The van der Waals surface area contributed by atoms with Crippen LogP contribution in [-0.4, -0.2) is 35.6 Å². The van der Waals surface area contributed by atoms with E-state index in [9.17, 15) is 0 Å². The lowest BCUT2D eigenvalue weighted by atomic mass is 10.1. The number of thiazole rings is 1. The second-order valence-corrected chi connectivity index (χ2v) is 6.05. The monoisotopic (exact) mass is 237 g/mol.